The summed E-state index contributed by atoms with van der Waals surface area (Å²) in [4.78, 5) is 20.3. The van der Waals surface area contributed by atoms with Crippen molar-refractivity contribution in [2.75, 3.05) is 0 Å². The number of aliphatic carboxylic acids is 2. The molecule has 0 N–H and O–H groups in total. The fourth-order valence-electron chi connectivity index (χ4n) is 3.24. The van der Waals surface area contributed by atoms with E-state index >= 15 is 0 Å². The van der Waals surface area contributed by atoms with Gasteiger partial charge in [0.25, 0.3) is 0 Å². The minimum Gasteiger partial charge on any atom is -0.550 e. The van der Waals surface area contributed by atoms with Gasteiger partial charge in [0.05, 0.1) is 0 Å². The maximum Gasteiger partial charge on any atom is 2.00 e. The van der Waals surface area contributed by atoms with Crippen LogP contribution in [0.3, 0.4) is 0 Å². The molecule has 0 aliphatic heterocycles. The fourth-order valence-corrected chi connectivity index (χ4v) is 3.24. The summed E-state index contributed by atoms with van der Waals surface area (Å²) in [7, 11) is 0. The molecule has 0 aromatic heterocycles. The van der Waals surface area contributed by atoms with E-state index in [9.17, 15) is 19.8 Å². The van der Waals surface area contributed by atoms with E-state index in [1.54, 1.807) is 0 Å². The molecule has 0 fully saturated rings. The van der Waals surface area contributed by atoms with Gasteiger partial charge >= 0.3 is 23.1 Å². The maximum atomic E-state index is 10.1. The van der Waals surface area contributed by atoms with Gasteiger partial charge in [-0.15, -0.1) is 0 Å². The summed E-state index contributed by atoms with van der Waals surface area (Å²) < 4.78 is 0. The van der Waals surface area contributed by atoms with Crippen molar-refractivity contribution in [1.29, 1.82) is 0 Å². The van der Waals surface area contributed by atoms with Crippen molar-refractivity contribution in [2.45, 2.75) is 142 Å². The van der Waals surface area contributed by atoms with E-state index in [-0.39, 0.29) is 35.9 Å². The topological polar surface area (TPSA) is 80.3 Å². The van der Waals surface area contributed by atoms with Crippen molar-refractivity contribution in [3.8, 4) is 0 Å². The van der Waals surface area contributed by atoms with Crippen LogP contribution in [0.1, 0.15) is 142 Å². The third kappa shape index (κ3) is 41.9. The first kappa shape index (κ1) is 36.7. The first-order valence-corrected chi connectivity index (χ1v) is 13.2. The summed E-state index contributed by atoms with van der Waals surface area (Å²) >= 11 is 0. The van der Waals surface area contributed by atoms with Gasteiger partial charge in [-0.2, -0.15) is 0 Å². The summed E-state index contributed by atoms with van der Waals surface area (Å²) in [6.45, 7) is 4.42. The number of rotatable bonds is 22. The Kier molecular flexibility index (Phi) is 37.1. The zero-order valence-corrected chi connectivity index (χ0v) is 23.2. The van der Waals surface area contributed by atoms with Gasteiger partial charge in [-0.25, -0.2) is 0 Å². The number of carboxylic acid groups (broad SMARTS) is 2. The van der Waals surface area contributed by atoms with Crippen LogP contribution in [0.4, 0.5) is 0 Å². The van der Waals surface area contributed by atoms with Crippen LogP contribution >= 0.6 is 0 Å². The molecule has 0 aliphatic carbocycles. The van der Waals surface area contributed by atoms with Crippen molar-refractivity contribution in [1.82, 2.24) is 0 Å². The minimum absolute atomic E-state index is 0. The Morgan fingerprint density at radius 3 is 1.06 bits per heavy atom. The summed E-state index contributed by atoms with van der Waals surface area (Å²) in [6, 6.07) is 0. The van der Waals surface area contributed by atoms with E-state index in [0.29, 0.717) is 0 Å². The Morgan fingerprint density at radius 1 is 0.485 bits per heavy atom. The average Bonchev–Trinajstić information content (AvgIpc) is 2.76. The Labute approximate surface area is 220 Å². The zero-order chi connectivity index (χ0) is 24.1. The molecule has 0 atom stereocenters. The van der Waals surface area contributed by atoms with Crippen LogP contribution in [0.25, 0.3) is 0 Å². The Morgan fingerprint density at radius 2 is 0.758 bits per heavy atom. The van der Waals surface area contributed by atoms with Crippen molar-refractivity contribution < 1.29 is 19.8 Å². The second-order valence-electron chi connectivity index (χ2n) is 8.58. The van der Waals surface area contributed by atoms with Gasteiger partial charge in [0.15, 0.2) is 0 Å². The predicted octanol–water partition coefficient (Wildman–Crippen LogP) is 6.05. The molecule has 0 radical (unpaired) electrons. The second-order valence-corrected chi connectivity index (χ2v) is 8.58. The molecule has 0 aromatic rings. The van der Waals surface area contributed by atoms with Crippen molar-refractivity contribution in [2.24, 2.45) is 0 Å². The zero-order valence-electron chi connectivity index (χ0n) is 21.8. The van der Waals surface area contributed by atoms with Crippen molar-refractivity contribution in [3.05, 3.63) is 24.3 Å². The van der Waals surface area contributed by atoms with Crippen LogP contribution in [0, 0.1) is 0 Å². The molecule has 4 nitrogen and oxygen atoms in total. The van der Waals surface area contributed by atoms with Crippen molar-refractivity contribution in [3.63, 3.8) is 0 Å². The average molecular weight is 475 g/mol. The molecule has 0 aliphatic rings. The summed E-state index contributed by atoms with van der Waals surface area (Å²) in [6.07, 6.45) is 30.2. The van der Waals surface area contributed by atoms with Crippen LogP contribution in [-0.2, 0) is 9.59 Å². The number of allylic oxidation sites excluding steroid dienone is 4. The van der Waals surface area contributed by atoms with Crippen LogP contribution in [-0.4, -0.2) is 35.0 Å². The third-order valence-corrected chi connectivity index (χ3v) is 5.29. The molecule has 188 valence electrons. The van der Waals surface area contributed by atoms with Gasteiger partial charge in [0.1, 0.15) is 0 Å². The summed E-state index contributed by atoms with van der Waals surface area (Å²) in [5, 5.41) is 20.3. The number of unbranched alkanes of at least 4 members (excludes halogenated alkanes) is 14. The number of hydrogen-bond donors (Lipinski definition) is 0. The first-order valence-electron chi connectivity index (χ1n) is 13.2. The van der Waals surface area contributed by atoms with E-state index in [0.717, 1.165) is 38.5 Å². The standard InChI is InChI=1S/2C14H26O2.Mg/c2*1-2-3-4-5-6-7-8-9-10-11-12-13-14(15)16;/h2*5-6H,2-4,7-13H2,1H3,(H,15,16);/q;;+2/p-2/b2*6-5-;. The Hall–Kier alpha value is -0.814. The number of carbonyl (C=O) groups is 2. The monoisotopic (exact) mass is 474 g/mol. The molecule has 33 heavy (non-hydrogen) atoms. The Bertz CT molecular complexity index is 419. The van der Waals surface area contributed by atoms with Crippen LogP contribution in [0.2, 0.25) is 0 Å². The maximum absolute atomic E-state index is 10.1. The third-order valence-electron chi connectivity index (χ3n) is 5.29. The largest absolute Gasteiger partial charge is 2.00 e. The van der Waals surface area contributed by atoms with Crippen LogP contribution < -0.4 is 10.2 Å². The molecule has 0 unspecified atom stereocenters. The molecule has 5 heteroatoms. The minimum atomic E-state index is -0.918. The van der Waals surface area contributed by atoms with Gasteiger partial charge in [0, 0.05) is 11.9 Å². The summed E-state index contributed by atoms with van der Waals surface area (Å²) in [5.41, 5.74) is 0. The van der Waals surface area contributed by atoms with E-state index in [1.165, 1.54) is 77.0 Å². The SMILES string of the molecule is CCCC/C=C\CCCCCCCC(=O)[O-].CCCC/C=C\CCCCCCCC(=O)[O-].[Mg+2]. The van der Waals surface area contributed by atoms with Gasteiger partial charge in [-0.3, -0.25) is 0 Å². The van der Waals surface area contributed by atoms with E-state index < -0.39 is 11.9 Å². The van der Waals surface area contributed by atoms with E-state index in [4.69, 9.17) is 0 Å². The molecular weight excluding hydrogens is 425 g/mol. The fraction of sp³-hybridized carbons (Fsp3) is 0.786. The van der Waals surface area contributed by atoms with Gasteiger partial charge in [-0.1, -0.05) is 102 Å². The first-order chi connectivity index (χ1) is 15.5. The van der Waals surface area contributed by atoms with Crippen molar-refractivity contribution >= 4 is 35.0 Å². The quantitative estimate of drug-likeness (QED) is 0.109. The Balaban J connectivity index is -0.000000529. The van der Waals surface area contributed by atoms with Gasteiger partial charge in [-0.05, 0) is 64.2 Å². The molecular formula is C28H50MgO4. The van der Waals surface area contributed by atoms with Gasteiger partial charge in [0.2, 0.25) is 0 Å². The molecule has 0 heterocycles. The molecule has 0 saturated carbocycles. The molecule has 0 saturated heterocycles. The molecule has 0 bridgehead atoms. The number of carboxylic acids is 2. The van der Waals surface area contributed by atoms with E-state index in [2.05, 4.69) is 38.2 Å². The molecule has 0 aromatic carbocycles. The molecule has 0 rings (SSSR count). The summed E-state index contributed by atoms with van der Waals surface area (Å²) in [5.74, 6) is -1.84. The molecule has 0 amide bonds. The normalized spacial score (nSPS) is 10.7. The number of hydrogen-bond acceptors (Lipinski definition) is 4. The van der Waals surface area contributed by atoms with Crippen LogP contribution in [0.5, 0.6) is 0 Å². The smallest absolute Gasteiger partial charge is 0.550 e. The van der Waals surface area contributed by atoms with Gasteiger partial charge < -0.3 is 19.8 Å². The van der Waals surface area contributed by atoms with Crippen LogP contribution in [0.15, 0.2) is 24.3 Å². The van der Waals surface area contributed by atoms with E-state index in [1.807, 2.05) is 0 Å². The molecule has 0 spiro atoms. The predicted molar refractivity (Wildman–Crippen MR) is 138 cm³/mol. The second kappa shape index (κ2) is 33.4. The number of carbonyl (C=O) groups excluding carboxylic acids is 2.